The number of nitrogens with zero attached hydrogens (tertiary/aromatic N) is 6. The summed E-state index contributed by atoms with van der Waals surface area (Å²) in [7, 11) is 1.66. The Morgan fingerprint density at radius 1 is 1.14 bits per heavy atom. The number of aromatic nitrogens is 5. The standard InChI is InChI=1S/C31H28ClFN6O5/c1-42-31(17-43-18-31)16-39-26-9-19(30(40)41)6-8-24(26)34-28(39)14-38-12-21-11-37(13-25(21)36-38)27-3-2-4-29(35-27)44-15-20-5-7-22(32)10-23(20)33/h2-10,12H,11,13-18H2,1H3,(H,40,41). The van der Waals surface area contributed by atoms with Gasteiger partial charge in [-0.05, 0) is 36.4 Å². The van der Waals surface area contributed by atoms with Crippen molar-refractivity contribution in [2.24, 2.45) is 0 Å². The number of rotatable bonds is 10. The van der Waals surface area contributed by atoms with Crippen LogP contribution in [0.15, 0.2) is 60.8 Å². The molecule has 0 radical (unpaired) electrons. The van der Waals surface area contributed by atoms with Gasteiger partial charge in [0.2, 0.25) is 5.88 Å². The Bertz CT molecular complexity index is 1860. The zero-order valence-corrected chi connectivity index (χ0v) is 24.5. The highest BCUT2D eigenvalue weighted by atomic mass is 35.5. The van der Waals surface area contributed by atoms with Gasteiger partial charge in [-0.1, -0.05) is 23.7 Å². The minimum Gasteiger partial charge on any atom is -0.478 e. The van der Waals surface area contributed by atoms with Crippen LogP contribution in [0.1, 0.15) is 33.0 Å². The molecule has 5 aromatic rings. The van der Waals surface area contributed by atoms with E-state index in [1.54, 1.807) is 43.5 Å². The topological polar surface area (TPSA) is 117 Å². The average Bonchev–Trinajstić information content (AvgIpc) is 3.66. The summed E-state index contributed by atoms with van der Waals surface area (Å²) < 4.78 is 35.0. The molecule has 0 atom stereocenters. The number of benzene rings is 2. The van der Waals surface area contributed by atoms with Gasteiger partial charge in [0.25, 0.3) is 0 Å². The molecule has 1 saturated heterocycles. The maximum Gasteiger partial charge on any atom is 0.335 e. The Balaban J connectivity index is 1.08. The van der Waals surface area contributed by atoms with E-state index in [-0.39, 0.29) is 12.2 Å². The number of ether oxygens (including phenoxy) is 3. The van der Waals surface area contributed by atoms with Crippen molar-refractivity contribution in [3.8, 4) is 5.88 Å². The lowest BCUT2D eigenvalue weighted by molar-refractivity contribution is -0.202. The molecule has 5 heterocycles. The summed E-state index contributed by atoms with van der Waals surface area (Å²) in [6.07, 6.45) is 2.00. The van der Waals surface area contributed by atoms with Crippen LogP contribution in [0.2, 0.25) is 5.02 Å². The number of methoxy groups -OCH3 is 1. The van der Waals surface area contributed by atoms with Crippen molar-refractivity contribution in [3.05, 3.63) is 99.8 Å². The second-order valence-electron chi connectivity index (χ2n) is 11.0. The van der Waals surface area contributed by atoms with Crippen LogP contribution in [0.5, 0.6) is 5.88 Å². The number of aromatic carboxylic acids is 1. The van der Waals surface area contributed by atoms with Crippen molar-refractivity contribution in [1.29, 1.82) is 0 Å². The molecule has 2 aliphatic heterocycles. The first-order chi connectivity index (χ1) is 21.3. The Morgan fingerprint density at radius 3 is 2.73 bits per heavy atom. The number of pyridine rings is 1. The molecule has 1 N–H and O–H groups in total. The van der Waals surface area contributed by atoms with Gasteiger partial charge in [-0.2, -0.15) is 10.1 Å². The van der Waals surface area contributed by atoms with Crippen molar-refractivity contribution in [1.82, 2.24) is 24.3 Å². The van der Waals surface area contributed by atoms with E-state index in [9.17, 15) is 14.3 Å². The SMILES string of the molecule is COC1(Cn2c(Cn3cc4c(n3)CN(c3cccc(OCc5ccc(Cl)cc5F)n3)C4)nc3ccc(C(=O)O)cc32)COC1. The summed E-state index contributed by atoms with van der Waals surface area (Å²) in [5.74, 6) is 0.443. The predicted octanol–water partition coefficient (Wildman–Crippen LogP) is 4.68. The zero-order chi connectivity index (χ0) is 30.4. The van der Waals surface area contributed by atoms with Crippen molar-refractivity contribution >= 4 is 34.4 Å². The largest absolute Gasteiger partial charge is 0.478 e. The zero-order valence-electron chi connectivity index (χ0n) is 23.7. The molecular formula is C31H28ClFN6O5. The van der Waals surface area contributed by atoms with Gasteiger partial charge in [0, 0.05) is 42.1 Å². The van der Waals surface area contributed by atoms with E-state index < -0.39 is 17.4 Å². The molecule has 2 aromatic carbocycles. The van der Waals surface area contributed by atoms with Gasteiger partial charge in [0.05, 0.1) is 55.1 Å². The molecule has 7 rings (SSSR count). The van der Waals surface area contributed by atoms with Gasteiger partial charge in [-0.15, -0.1) is 0 Å². The fourth-order valence-electron chi connectivity index (χ4n) is 5.54. The Kier molecular flexibility index (Phi) is 7.19. The number of fused-ring (bicyclic) bond motifs is 2. The Hall–Kier alpha value is -4.52. The number of carboxylic acids is 1. The van der Waals surface area contributed by atoms with Crippen LogP contribution in [0.4, 0.5) is 10.2 Å². The fraction of sp³-hybridized carbons (Fsp3) is 0.290. The lowest BCUT2D eigenvalue weighted by Crippen LogP contribution is -2.54. The normalized spacial score (nSPS) is 15.4. The van der Waals surface area contributed by atoms with Gasteiger partial charge in [0.15, 0.2) is 0 Å². The number of imidazole rings is 1. The highest BCUT2D eigenvalue weighted by molar-refractivity contribution is 6.30. The maximum atomic E-state index is 14.2. The molecule has 0 bridgehead atoms. The number of hydrogen-bond acceptors (Lipinski definition) is 8. The van der Waals surface area contributed by atoms with Gasteiger partial charge in [0.1, 0.15) is 29.7 Å². The van der Waals surface area contributed by atoms with E-state index in [0.717, 1.165) is 28.4 Å². The van der Waals surface area contributed by atoms with Crippen LogP contribution in [-0.4, -0.2) is 61.3 Å². The fourth-order valence-corrected chi connectivity index (χ4v) is 5.70. The molecule has 44 heavy (non-hydrogen) atoms. The van der Waals surface area contributed by atoms with E-state index >= 15 is 0 Å². The molecule has 0 unspecified atom stereocenters. The molecule has 3 aromatic heterocycles. The highest BCUT2D eigenvalue weighted by Gasteiger charge is 2.40. The first-order valence-electron chi connectivity index (χ1n) is 14.0. The average molecular weight is 619 g/mol. The third-order valence-corrected chi connectivity index (χ3v) is 8.27. The predicted molar refractivity (Wildman–Crippen MR) is 158 cm³/mol. The van der Waals surface area contributed by atoms with Crippen LogP contribution < -0.4 is 9.64 Å². The number of halogens is 2. The molecule has 11 nitrogen and oxygen atoms in total. The van der Waals surface area contributed by atoms with E-state index in [0.29, 0.717) is 61.4 Å². The van der Waals surface area contributed by atoms with Gasteiger partial charge in [-0.3, -0.25) is 4.68 Å². The molecule has 226 valence electrons. The summed E-state index contributed by atoms with van der Waals surface area (Å²) in [5.41, 5.74) is 3.51. The molecular weight excluding hydrogens is 591 g/mol. The van der Waals surface area contributed by atoms with Crippen LogP contribution >= 0.6 is 11.6 Å². The first-order valence-corrected chi connectivity index (χ1v) is 14.4. The number of carbonyl (C=O) groups is 1. The van der Waals surface area contributed by atoms with Crippen LogP contribution in [-0.2, 0) is 42.3 Å². The van der Waals surface area contributed by atoms with Gasteiger partial charge in [-0.25, -0.2) is 14.2 Å². The van der Waals surface area contributed by atoms with Crippen molar-refractivity contribution in [3.63, 3.8) is 0 Å². The van der Waals surface area contributed by atoms with Crippen LogP contribution in [0.25, 0.3) is 11.0 Å². The number of carboxylic acid groups (broad SMARTS) is 1. The summed E-state index contributed by atoms with van der Waals surface area (Å²) >= 11 is 5.85. The summed E-state index contributed by atoms with van der Waals surface area (Å²) in [6, 6.07) is 14.9. The van der Waals surface area contributed by atoms with Crippen molar-refractivity contribution in [2.45, 2.75) is 38.4 Å². The van der Waals surface area contributed by atoms with Crippen LogP contribution in [0.3, 0.4) is 0 Å². The molecule has 2 aliphatic rings. The van der Waals surface area contributed by atoms with E-state index in [1.165, 1.54) is 6.07 Å². The molecule has 0 spiro atoms. The smallest absolute Gasteiger partial charge is 0.335 e. The van der Waals surface area contributed by atoms with E-state index in [1.807, 2.05) is 27.6 Å². The minimum atomic E-state index is -0.996. The first kappa shape index (κ1) is 28.3. The Labute approximate surface area is 256 Å². The second-order valence-corrected chi connectivity index (χ2v) is 11.5. The van der Waals surface area contributed by atoms with Crippen molar-refractivity contribution < 1.29 is 28.5 Å². The number of anilines is 1. The van der Waals surface area contributed by atoms with Gasteiger partial charge >= 0.3 is 5.97 Å². The molecule has 0 aliphatic carbocycles. The summed E-state index contributed by atoms with van der Waals surface area (Å²) in [5, 5.41) is 14.7. The quantitative estimate of drug-likeness (QED) is 0.238. The van der Waals surface area contributed by atoms with E-state index in [4.69, 9.17) is 35.9 Å². The molecule has 1 fully saturated rings. The molecule has 0 amide bonds. The van der Waals surface area contributed by atoms with E-state index in [2.05, 4.69) is 9.88 Å². The third kappa shape index (κ3) is 5.36. The summed E-state index contributed by atoms with van der Waals surface area (Å²) in [4.78, 5) is 23.2. The molecule has 13 heteroatoms. The third-order valence-electron chi connectivity index (χ3n) is 8.04. The molecule has 0 saturated carbocycles. The van der Waals surface area contributed by atoms with Crippen LogP contribution in [0, 0.1) is 5.82 Å². The second kappa shape index (κ2) is 11.2. The highest BCUT2D eigenvalue weighted by Crippen LogP contribution is 2.30. The lowest BCUT2D eigenvalue weighted by Gasteiger charge is -2.40. The van der Waals surface area contributed by atoms with Crippen molar-refractivity contribution in [2.75, 3.05) is 25.2 Å². The van der Waals surface area contributed by atoms with Gasteiger partial charge < -0.3 is 28.8 Å². The Morgan fingerprint density at radius 2 is 2.00 bits per heavy atom. The monoisotopic (exact) mass is 618 g/mol. The minimum absolute atomic E-state index is 0.0349. The lowest BCUT2D eigenvalue weighted by atomic mass is 10.0. The summed E-state index contributed by atoms with van der Waals surface area (Å²) in [6.45, 7) is 2.98. The number of hydrogen-bond donors (Lipinski definition) is 1. The maximum absolute atomic E-state index is 14.2.